The van der Waals surface area contributed by atoms with Gasteiger partial charge in [-0.25, -0.2) is 4.98 Å². The second kappa shape index (κ2) is 6.75. The van der Waals surface area contributed by atoms with Crippen LogP contribution in [0.25, 0.3) is 0 Å². The highest BCUT2D eigenvalue weighted by molar-refractivity contribution is 5.66. The summed E-state index contributed by atoms with van der Waals surface area (Å²) in [6.45, 7) is 3.00. The van der Waals surface area contributed by atoms with E-state index < -0.39 is 0 Å². The SMILES string of the molecule is CCCNc1cncc(N(C)c2ccccc2OC)n1. The number of benzene rings is 1. The van der Waals surface area contributed by atoms with Crippen molar-refractivity contribution in [3.8, 4) is 5.75 Å². The molecule has 5 heteroatoms. The third-order valence-corrected chi connectivity index (χ3v) is 2.97. The zero-order valence-corrected chi connectivity index (χ0v) is 12.1. The Morgan fingerprint density at radius 2 is 2.05 bits per heavy atom. The number of methoxy groups -OCH3 is 1. The summed E-state index contributed by atoms with van der Waals surface area (Å²) in [4.78, 5) is 10.8. The minimum absolute atomic E-state index is 0.774. The maximum absolute atomic E-state index is 5.38. The van der Waals surface area contributed by atoms with Crippen molar-refractivity contribution in [2.75, 3.05) is 30.9 Å². The fraction of sp³-hybridized carbons (Fsp3) is 0.333. The lowest BCUT2D eigenvalue weighted by molar-refractivity contribution is 0.415. The Morgan fingerprint density at radius 1 is 1.25 bits per heavy atom. The second-order valence-corrected chi connectivity index (χ2v) is 4.42. The number of nitrogens with zero attached hydrogens (tertiary/aromatic N) is 3. The van der Waals surface area contributed by atoms with Crippen LogP contribution in [0.15, 0.2) is 36.7 Å². The lowest BCUT2D eigenvalue weighted by atomic mass is 10.2. The predicted octanol–water partition coefficient (Wildman–Crippen LogP) is 3.08. The standard InChI is InChI=1S/C15H20N4O/c1-4-9-17-14-10-16-11-15(18-14)19(2)12-7-5-6-8-13(12)20-3/h5-8,10-11H,4,9H2,1-3H3,(H,17,18). The predicted molar refractivity (Wildman–Crippen MR) is 81.9 cm³/mol. The van der Waals surface area contributed by atoms with Gasteiger partial charge in [-0.1, -0.05) is 19.1 Å². The normalized spacial score (nSPS) is 10.2. The van der Waals surface area contributed by atoms with Crippen LogP contribution in [0.4, 0.5) is 17.3 Å². The average molecular weight is 272 g/mol. The van der Waals surface area contributed by atoms with Crippen molar-refractivity contribution >= 4 is 17.3 Å². The van der Waals surface area contributed by atoms with Crippen molar-refractivity contribution in [2.45, 2.75) is 13.3 Å². The molecule has 2 aromatic rings. The van der Waals surface area contributed by atoms with Crippen LogP contribution in [0.5, 0.6) is 5.75 Å². The van der Waals surface area contributed by atoms with E-state index in [2.05, 4.69) is 22.2 Å². The molecule has 2 rings (SSSR count). The molecular weight excluding hydrogens is 252 g/mol. The van der Waals surface area contributed by atoms with Crippen LogP contribution in [0.2, 0.25) is 0 Å². The van der Waals surface area contributed by atoms with Crippen molar-refractivity contribution in [3.63, 3.8) is 0 Å². The number of ether oxygens (including phenoxy) is 1. The molecule has 0 atom stereocenters. The average Bonchev–Trinajstić information content (AvgIpc) is 2.52. The number of aromatic nitrogens is 2. The van der Waals surface area contributed by atoms with Crippen LogP contribution in [-0.4, -0.2) is 30.7 Å². The molecule has 0 unspecified atom stereocenters. The molecule has 1 N–H and O–H groups in total. The lowest BCUT2D eigenvalue weighted by Crippen LogP contribution is -2.14. The van der Waals surface area contributed by atoms with Gasteiger partial charge in [0.15, 0.2) is 5.82 Å². The molecule has 0 aliphatic rings. The Bertz CT molecular complexity index is 559. The molecular formula is C15H20N4O. The summed E-state index contributed by atoms with van der Waals surface area (Å²) in [5.74, 6) is 2.37. The first-order valence-corrected chi connectivity index (χ1v) is 6.69. The number of para-hydroxylation sites is 2. The van der Waals surface area contributed by atoms with Gasteiger partial charge in [-0.05, 0) is 18.6 Å². The molecule has 1 aromatic heterocycles. The van der Waals surface area contributed by atoms with E-state index in [9.17, 15) is 0 Å². The highest BCUT2D eigenvalue weighted by atomic mass is 16.5. The largest absolute Gasteiger partial charge is 0.495 e. The third kappa shape index (κ3) is 3.17. The minimum Gasteiger partial charge on any atom is -0.495 e. The molecule has 5 nitrogen and oxygen atoms in total. The monoisotopic (exact) mass is 272 g/mol. The van der Waals surface area contributed by atoms with Crippen molar-refractivity contribution in [3.05, 3.63) is 36.7 Å². The summed E-state index contributed by atoms with van der Waals surface area (Å²) in [7, 11) is 3.61. The molecule has 0 aliphatic heterocycles. The van der Waals surface area contributed by atoms with Crippen LogP contribution < -0.4 is 15.0 Å². The topological polar surface area (TPSA) is 50.3 Å². The molecule has 106 valence electrons. The summed E-state index contributed by atoms with van der Waals surface area (Å²) in [6, 6.07) is 7.84. The molecule has 0 amide bonds. The fourth-order valence-corrected chi connectivity index (χ4v) is 1.89. The first-order chi connectivity index (χ1) is 9.76. The fourth-order valence-electron chi connectivity index (χ4n) is 1.89. The maximum Gasteiger partial charge on any atom is 0.153 e. The van der Waals surface area contributed by atoms with Crippen LogP contribution in [0, 0.1) is 0 Å². The number of nitrogens with one attached hydrogen (secondary N) is 1. The van der Waals surface area contributed by atoms with Crippen LogP contribution >= 0.6 is 0 Å². The van der Waals surface area contributed by atoms with Gasteiger partial charge in [0, 0.05) is 13.6 Å². The summed E-state index contributed by atoms with van der Waals surface area (Å²) < 4.78 is 5.38. The Hall–Kier alpha value is -2.30. The quantitative estimate of drug-likeness (QED) is 0.875. The molecule has 0 saturated carbocycles. The lowest BCUT2D eigenvalue weighted by Gasteiger charge is -2.20. The van der Waals surface area contributed by atoms with Crippen molar-refractivity contribution in [1.82, 2.24) is 9.97 Å². The number of hydrogen-bond donors (Lipinski definition) is 1. The molecule has 0 spiro atoms. The van der Waals surface area contributed by atoms with Gasteiger partial charge in [0.1, 0.15) is 11.6 Å². The second-order valence-electron chi connectivity index (χ2n) is 4.42. The van der Waals surface area contributed by atoms with E-state index in [0.29, 0.717) is 0 Å². The number of hydrogen-bond acceptors (Lipinski definition) is 5. The number of rotatable bonds is 6. The summed E-state index contributed by atoms with van der Waals surface area (Å²) in [5.41, 5.74) is 0.956. The van der Waals surface area contributed by atoms with Gasteiger partial charge in [0.2, 0.25) is 0 Å². The van der Waals surface area contributed by atoms with Gasteiger partial charge in [0.25, 0.3) is 0 Å². The summed E-state index contributed by atoms with van der Waals surface area (Å²) in [6.07, 6.45) is 4.52. The summed E-state index contributed by atoms with van der Waals surface area (Å²) in [5, 5.41) is 3.24. The van der Waals surface area contributed by atoms with Gasteiger partial charge in [0.05, 0.1) is 25.2 Å². The van der Waals surface area contributed by atoms with Crippen LogP contribution in [0.3, 0.4) is 0 Å². The van der Waals surface area contributed by atoms with Crippen LogP contribution in [0.1, 0.15) is 13.3 Å². The Morgan fingerprint density at radius 3 is 2.80 bits per heavy atom. The third-order valence-electron chi connectivity index (χ3n) is 2.97. The molecule has 0 aliphatic carbocycles. The van der Waals surface area contributed by atoms with Gasteiger partial charge in [-0.3, -0.25) is 4.98 Å². The van der Waals surface area contributed by atoms with E-state index in [-0.39, 0.29) is 0 Å². The van der Waals surface area contributed by atoms with Crippen molar-refractivity contribution in [2.24, 2.45) is 0 Å². The van der Waals surface area contributed by atoms with E-state index in [0.717, 1.165) is 36.0 Å². The Balaban J connectivity index is 2.26. The molecule has 1 aromatic carbocycles. The zero-order valence-electron chi connectivity index (χ0n) is 12.1. The van der Waals surface area contributed by atoms with Gasteiger partial charge >= 0.3 is 0 Å². The molecule has 20 heavy (non-hydrogen) atoms. The maximum atomic E-state index is 5.38. The molecule has 0 fully saturated rings. The molecule has 0 radical (unpaired) electrons. The molecule has 0 saturated heterocycles. The van der Waals surface area contributed by atoms with Crippen molar-refractivity contribution in [1.29, 1.82) is 0 Å². The molecule has 0 bridgehead atoms. The Labute approximate surface area is 119 Å². The molecule has 1 heterocycles. The van der Waals surface area contributed by atoms with Gasteiger partial charge < -0.3 is 15.0 Å². The van der Waals surface area contributed by atoms with Crippen LogP contribution in [-0.2, 0) is 0 Å². The summed E-state index contributed by atoms with van der Waals surface area (Å²) >= 11 is 0. The minimum atomic E-state index is 0.774. The Kier molecular flexibility index (Phi) is 4.76. The highest BCUT2D eigenvalue weighted by Crippen LogP contribution is 2.31. The number of anilines is 3. The highest BCUT2D eigenvalue weighted by Gasteiger charge is 2.11. The van der Waals surface area contributed by atoms with Gasteiger partial charge in [-0.15, -0.1) is 0 Å². The van der Waals surface area contributed by atoms with E-state index >= 15 is 0 Å². The van der Waals surface area contributed by atoms with E-state index in [1.807, 2.05) is 36.2 Å². The van der Waals surface area contributed by atoms with Gasteiger partial charge in [-0.2, -0.15) is 0 Å². The first-order valence-electron chi connectivity index (χ1n) is 6.69. The van der Waals surface area contributed by atoms with Crippen molar-refractivity contribution < 1.29 is 4.74 Å². The first kappa shape index (κ1) is 14.1. The van der Waals surface area contributed by atoms with E-state index in [4.69, 9.17) is 4.74 Å². The van der Waals surface area contributed by atoms with E-state index in [1.165, 1.54) is 0 Å². The zero-order chi connectivity index (χ0) is 14.4. The smallest absolute Gasteiger partial charge is 0.153 e. The van der Waals surface area contributed by atoms with E-state index in [1.54, 1.807) is 19.5 Å².